The molecule has 0 aliphatic carbocycles. The first-order valence-corrected chi connectivity index (χ1v) is 7.83. The molecule has 1 amide bonds. The molecule has 1 aliphatic heterocycles. The summed E-state index contributed by atoms with van der Waals surface area (Å²) < 4.78 is 0. The smallest absolute Gasteiger partial charge is 0.253 e. The summed E-state index contributed by atoms with van der Waals surface area (Å²) in [4.78, 5) is 16.9. The van der Waals surface area contributed by atoms with Crippen LogP contribution in [0.25, 0.3) is 0 Å². The summed E-state index contributed by atoms with van der Waals surface area (Å²) in [6, 6.07) is 6.43. The zero-order valence-corrected chi connectivity index (χ0v) is 13.6. The summed E-state index contributed by atoms with van der Waals surface area (Å²) in [5.74, 6) is 0.160. The summed E-state index contributed by atoms with van der Waals surface area (Å²) in [6.07, 6.45) is 2.26. The molecule has 4 heteroatoms. The van der Waals surface area contributed by atoms with Crippen LogP contribution in [0.2, 0.25) is 0 Å². The average molecular weight is 289 g/mol. The zero-order valence-electron chi connectivity index (χ0n) is 13.6. The third kappa shape index (κ3) is 3.76. The Balaban J connectivity index is 2.10. The SMILES string of the molecule is CCNc1ccc(C(=O)N2CCCC(N(C)C)C2)cc1C. The highest BCUT2D eigenvalue weighted by molar-refractivity contribution is 5.95. The predicted octanol–water partition coefficient (Wildman–Crippen LogP) is 2.59. The normalized spacial score (nSPS) is 18.9. The van der Waals surface area contributed by atoms with E-state index in [-0.39, 0.29) is 5.91 Å². The first-order valence-electron chi connectivity index (χ1n) is 7.83. The van der Waals surface area contributed by atoms with Gasteiger partial charge in [0.2, 0.25) is 0 Å². The number of nitrogens with zero attached hydrogens (tertiary/aromatic N) is 2. The lowest BCUT2D eigenvalue weighted by Crippen LogP contribution is -2.47. The minimum absolute atomic E-state index is 0.160. The van der Waals surface area contributed by atoms with E-state index in [4.69, 9.17) is 0 Å². The van der Waals surface area contributed by atoms with E-state index in [2.05, 4.69) is 31.2 Å². The molecule has 1 aromatic carbocycles. The van der Waals surface area contributed by atoms with Gasteiger partial charge in [-0.2, -0.15) is 0 Å². The number of nitrogens with one attached hydrogen (secondary N) is 1. The lowest BCUT2D eigenvalue weighted by Gasteiger charge is -2.36. The van der Waals surface area contributed by atoms with Crippen molar-refractivity contribution < 1.29 is 4.79 Å². The Kier molecular flexibility index (Phi) is 5.23. The van der Waals surface area contributed by atoms with Gasteiger partial charge < -0.3 is 15.1 Å². The largest absolute Gasteiger partial charge is 0.385 e. The maximum absolute atomic E-state index is 12.7. The van der Waals surface area contributed by atoms with Crippen LogP contribution >= 0.6 is 0 Å². The maximum atomic E-state index is 12.7. The number of aryl methyl sites for hydroxylation is 1. The maximum Gasteiger partial charge on any atom is 0.253 e. The number of hydrogen-bond acceptors (Lipinski definition) is 3. The van der Waals surface area contributed by atoms with Gasteiger partial charge in [0.25, 0.3) is 5.91 Å². The highest BCUT2D eigenvalue weighted by Gasteiger charge is 2.25. The molecule has 0 radical (unpaired) electrons. The highest BCUT2D eigenvalue weighted by Crippen LogP contribution is 2.20. The van der Waals surface area contributed by atoms with Crippen molar-refractivity contribution in [1.82, 2.24) is 9.80 Å². The van der Waals surface area contributed by atoms with Gasteiger partial charge in [-0.1, -0.05) is 0 Å². The molecule has 0 saturated carbocycles. The Morgan fingerprint density at radius 3 is 2.81 bits per heavy atom. The fourth-order valence-electron chi connectivity index (χ4n) is 2.93. The van der Waals surface area contributed by atoms with Crippen LogP contribution in [0, 0.1) is 6.92 Å². The van der Waals surface area contributed by atoms with Crippen molar-refractivity contribution in [3.05, 3.63) is 29.3 Å². The van der Waals surface area contributed by atoms with Gasteiger partial charge in [-0.3, -0.25) is 4.79 Å². The molecule has 1 N–H and O–H groups in total. The first kappa shape index (κ1) is 15.8. The number of likely N-dealkylation sites (tertiary alicyclic amines) is 1. The molecule has 1 fully saturated rings. The van der Waals surface area contributed by atoms with E-state index in [9.17, 15) is 4.79 Å². The second-order valence-corrected chi connectivity index (χ2v) is 6.07. The molecule has 1 aliphatic rings. The molecule has 0 bridgehead atoms. The minimum Gasteiger partial charge on any atom is -0.385 e. The fourth-order valence-corrected chi connectivity index (χ4v) is 2.93. The molecule has 1 saturated heterocycles. The second-order valence-electron chi connectivity index (χ2n) is 6.07. The highest BCUT2D eigenvalue weighted by atomic mass is 16.2. The molecule has 0 spiro atoms. The molecule has 1 aromatic rings. The molecule has 1 heterocycles. The van der Waals surface area contributed by atoms with Gasteiger partial charge in [-0.25, -0.2) is 0 Å². The van der Waals surface area contributed by atoms with Crippen molar-refractivity contribution in [2.75, 3.05) is 39.0 Å². The van der Waals surface area contributed by atoms with Gasteiger partial charge >= 0.3 is 0 Å². The van der Waals surface area contributed by atoms with Crippen LogP contribution in [0.1, 0.15) is 35.7 Å². The lowest BCUT2D eigenvalue weighted by atomic mass is 10.0. The molecule has 4 nitrogen and oxygen atoms in total. The number of piperidine rings is 1. The molecule has 1 unspecified atom stereocenters. The van der Waals surface area contributed by atoms with Crippen molar-refractivity contribution in [3.8, 4) is 0 Å². The van der Waals surface area contributed by atoms with Gasteiger partial charge in [0, 0.05) is 36.9 Å². The van der Waals surface area contributed by atoms with Crippen molar-refractivity contribution in [2.45, 2.75) is 32.7 Å². The summed E-state index contributed by atoms with van der Waals surface area (Å²) >= 11 is 0. The van der Waals surface area contributed by atoms with E-state index in [1.807, 2.05) is 30.0 Å². The second kappa shape index (κ2) is 6.94. The Bertz CT molecular complexity index is 499. The van der Waals surface area contributed by atoms with Crippen LogP contribution in [-0.4, -0.2) is 55.5 Å². The van der Waals surface area contributed by atoms with Crippen LogP contribution in [0.3, 0.4) is 0 Å². The third-order valence-corrected chi connectivity index (χ3v) is 4.25. The van der Waals surface area contributed by atoms with Gasteiger partial charge in [0.15, 0.2) is 0 Å². The number of carbonyl (C=O) groups excluding carboxylic acids is 1. The van der Waals surface area contributed by atoms with Crippen molar-refractivity contribution in [2.24, 2.45) is 0 Å². The zero-order chi connectivity index (χ0) is 15.4. The quantitative estimate of drug-likeness (QED) is 0.925. The lowest BCUT2D eigenvalue weighted by molar-refractivity contribution is 0.0635. The van der Waals surface area contributed by atoms with E-state index in [0.29, 0.717) is 6.04 Å². The van der Waals surface area contributed by atoms with Crippen molar-refractivity contribution in [3.63, 3.8) is 0 Å². The number of rotatable bonds is 4. The Morgan fingerprint density at radius 1 is 1.43 bits per heavy atom. The van der Waals surface area contributed by atoms with Crippen molar-refractivity contribution in [1.29, 1.82) is 0 Å². The minimum atomic E-state index is 0.160. The van der Waals surface area contributed by atoms with Crippen LogP contribution < -0.4 is 5.32 Å². The van der Waals surface area contributed by atoms with E-state index < -0.39 is 0 Å². The molecule has 0 aromatic heterocycles. The Morgan fingerprint density at radius 2 is 2.19 bits per heavy atom. The summed E-state index contributed by atoms with van der Waals surface area (Å²) in [6.45, 7) is 6.73. The molecule has 1 atom stereocenters. The molecular formula is C17H27N3O. The predicted molar refractivity (Wildman–Crippen MR) is 88.0 cm³/mol. The van der Waals surface area contributed by atoms with Crippen LogP contribution in [0.15, 0.2) is 18.2 Å². The van der Waals surface area contributed by atoms with E-state index >= 15 is 0 Å². The topological polar surface area (TPSA) is 35.6 Å². The number of carbonyl (C=O) groups is 1. The van der Waals surface area contributed by atoms with Crippen molar-refractivity contribution >= 4 is 11.6 Å². The van der Waals surface area contributed by atoms with E-state index in [1.54, 1.807) is 0 Å². The van der Waals surface area contributed by atoms with E-state index in [0.717, 1.165) is 42.9 Å². The molecular weight excluding hydrogens is 262 g/mol. The number of hydrogen-bond donors (Lipinski definition) is 1. The average Bonchev–Trinajstić information content (AvgIpc) is 2.49. The summed E-state index contributed by atoms with van der Waals surface area (Å²) in [5.41, 5.74) is 3.04. The van der Waals surface area contributed by atoms with Gasteiger partial charge in [-0.15, -0.1) is 0 Å². The van der Waals surface area contributed by atoms with Crippen LogP contribution in [0.4, 0.5) is 5.69 Å². The fraction of sp³-hybridized carbons (Fsp3) is 0.588. The first-order chi connectivity index (χ1) is 10.0. The number of amides is 1. The Labute approximate surface area is 128 Å². The standard InChI is InChI=1S/C17H27N3O/c1-5-18-16-9-8-14(11-13(16)2)17(21)20-10-6-7-15(12-20)19(3)4/h8-9,11,15,18H,5-7,10,12H2,1-4H3. The van der Waals surface area contributed by atoms with Gasteiger partial charge in [0.05, 0.1) is 0 Å². The molecule has 2 rings (SSSR count). The molecule has 116 valence electrons. The Hall–Kier alpha value is -1.55. The monoisotopic (exact) mass is 289 g/mol. The number of benzene rings is 1. The van der Waals surface area contributed by atoms with Crippen LogP contribution in [-0.2, 0) is 0 Å². The van der Waals surface area contributed by atoms with Crippen LogP contribution in [0.5, 0.6) is 0 Å². The van der Waals surface area contributed by atoms with E-state index in [1.165, 1.54) is 6.42 Å². The van der Waals surface area contributed by atoms with Gasteiger partial charge in [-0.05, 0) is 64.5 Å². The summed E-state index contributed by atoms with van der Waals surface area (Å²) in [5, 5.41) is 3.31. The molecule has 21 heavy (non-hydrogen) atoms. The van der Waals surface area contributed by atoms with Gasteiger partial charge in [0.1, 0.15) is 0 Å². The number of anilines is 1. The third-order valence-electron chi connectivity index (χ3n) is 4.25. The summed E-state index contributed by atoms with van der Waals surface area (Å²) in [7, 11) is 4.18. The number of likely N-dealkylation sites (N-methyl/N-ethyl adjacent to an activating group) is 1.